The molecule has 5 aromatic carbocycles. The Kier molecular flexibility index (Phi) is 8.15. The van der Waals surface area contributed by atoms with E-state index in [4.69, 9.17) is 0 Å². The topological polar surface area (TPSA) is 50.8 Å². The summed E-state index contributed by atoms with van der Waals surface area (Å²) in [5.41, 5.74) is 16.3. The number of nitrogens with zero attached hydrogens (tertiary/aromatic N) is 3. The van der Waals surface area contributed by atoms with E-state index in [1.807, 2.05) is 6.07 Å². The number of rotatable bonds is 4. The molecule has 1 aliphatic rings. The van der Waals surface area contributed by atoms with Gasteiger partial charge in [-0.2, -0.15) is 10.5 Å². The van der Waals surface area contributed by atoms with E-state index < -0.39 is 0 Å². The van der Waals surface area contributed by atoms with Crippen molar-refractivity contribution in [3.8, 4) is 56.6 Å². The smallest absolute Gasteiger partial charge is 0.138 e. The summed E-state index contributed by atoms with van der Waals surface area (Å²) < 4.78 is 0. The van der Waals surface area contributed by atoms with Gasteiger partial charge in [-0.1, -0.05) is 126 Å². The molecule has 48 heavy (non-hydrogen) atoms. The molecule has 0 unspecified atom stereocenters. The van der Waals surface area contributed by atoms with Gasteiger partial charge in [-0.05, 0) is 96.6 Å². The molecule has 0 heterocycles. The molecule has 0 bridgehead atoms. The monoisotopic (exact) mass is 625 g/mol. The van der Waals surface area contributed by atoms with Crippen LogP contribution in [0.1, 0.15) is 69.4 Å². The summed E-state index contributed by atoms with van der Waals surface area (Å²) in [5.74, 6) is 0. The molecule has 3 heteroatoms. The number of allylic oxidation sites excluding steroid dienone is 1. The first-order valence-electron chi connectivity index (χ1n) is 16.6. The molecule has 0 N–H and O–H groups in total. The highest BCUT2D eigenvalue weighted by molar-refractivity contribution is 6.16. The summed E-state index contributed by atoms with van der Waals surface area (Å²) in [6.45, 7) is 15.6. The molecule has 6 rings (SSSR count). The number of benzene rings is 5. The third-order valence-corrected chi connectivity index (χ3v) is 9.69. The van der Waals surface area contributed by atoms with Crippen LogP contribution >= 0.6 is 0 Å². The average Bonchev–Trinajstić information content (AvgIpc) is 3.38. The molecule has 0 saturated heterocycles. The first-order valence-corrected chi connectivity index (χ1v) is 16.6. The van der Waals surface area contributed by atoms with Gasteiger partial charge in [0.05, 0.1) is 0 Å². The van der Waals surface area contributed by atoms with Crippen LogP contribution in [0.5, 0.6) is 0 Å². The lowest BCUT2D eigenvalue weighted by Gasteiger charge is -2.26. The maximum Gasteiger partial charge on any atom is 0.138 e. The van der Waals surface area contributed by atoms with Crippen molar-refractivity contribution in [1.82, 2.24) is 0 Å². The van der Waals surface area contributed by atoms with Crippen molar-refractivity contribution in [3.63, 3.8) is 0 Å². The Hall–Kier alpha value is -5.38. The van der Waals surface area contributed by atoms with E-state index in [9.17, 15) is 10.5 Å². The van der Waals surface area contributed by atoms with Crippen LogP contribution in [-0.2, 0) is 10.8 Å². The summed E-state index contributed by atoms with van der Waals surface area (Å²) in [4.78, 5) is 2.12. The maximum atomic E-state index is 10.4. The molecule has 238 valence electrons. The zero-order valence-electron chi connectivity index (χ0n) is 29.6. The highest BCUT2D eigenvalue weighted by Gasteiger charge is 2.35. The minimum atomic E-state index is 0.00796. The maximum absolute atomic E-state index is 10.4. The first kappa shape index (κ1) is 32.6. The standard InChI is InChI=1S/C45H43N3/c1-28-38(30-18-24-35(25-19-30)48(8)9)41(31-16-22-34(23-17-31)45(5,6)7)42-37-13-11-10-12-36(37)40(32(26-46)27-47)43(42)39(28)29-14-20-33(21-15-29)44(2,3)4/h10-25H,1-9H3. The normalized spacial score (nSPS) is 12.2. The van der Waals surface area contributed by atoms with Crippen LogP contribution in [0.2, 0.25) is 0 Å². The average molecular weight is 626 g/mol. The van der Waals surface area contributed by atoms with Crippen molar-refractivity contribution in [2.75, 3.05) is 19.0 Å². The van der Waals surface area contributed by atoms with Gasteiger partial charge in [0.15, 0.2) is 0 Å². The molecular weight excluding hydrogens is 583 g/mol. The van der Waals surface area contributed by atoms with Crippen LogP contribution in [0.15, 0.2) is 103 Å². The fourth-order valence-corrected chi connectivity index (χ4v) is 7.05. The minimum absolute atomic E-state index is 0.00796. The molecule has 3 nitrogen and oxygen atoms in total. The van der Waals surface area contributed by atoms with Gasteiger partial charge in [-0.3, -0.25) is 0 Å². The van der Waals surface area contributed by atoms with Crippen LogP contribution in [0.4, 0.5) is 5.69 Å². The van der Waals surface area contributed by atoms with E-state index in [2.05, 4.69) is 171 Å². The van der Waals surface area contributed by atoms with Gasteiger partial charge in [0.25, 0.3) is 0 Å². The molecule has 0 atom stereocenters. The minimum Gasteiger partial charge on any atom is -0.378 e. The molecule has 0 spiro atoms. The molecule has 0 amide bonds. The summed E-state index contributed by atoms with van der Waals surface area (Å²) in [7, 11) is 4.12. The van der Waals surface area contributed by atoms with Gasteiger partial charge >= 0.3 is 0 Å². The summed E-state index contributed by atoms with van der Waals surface area (Å²) in [5, 5.41) is 20.7. The van der Waals surface area contributed by atoms with Crippen LogP contribution in [-0.4, -0.2) is 14.1 Å². The van der Waals surface area contributed by atoms with E-state index in [0.717, 1.165) is 66.9 Å². The van der Waals surface area contributed by atoms with E-state index in [1.54, 1.807) is 0 Å². The zero-order chi connectivity index (χ0) is 34.5. The van der Waals surface area contributed by atoms with Crippen molar-refractivity contribution in [2.45, 2.75) is 59.3 Å². The number of fused-ring (bicyclic) bond motifs is 3. The van der Waals surface area contributed by atoms with Crippen molar-refractivity contribution in [3.05, 3.63) is 130 Å². The van der Waals surface area contributed by atoms with Gasteiger partial charge in [0, 0.05) is 30.9 Å². The molecule has 5 aromatic rings. The Morgan fingerprint density at radius 2 is 0.938 bits per heavy atom. The number of hydrogen-bond acceptors (Lipinski definition) is 3. The van der Waals surface area contributed by atoms with E-state index in [-0.39, 0.29) is 16.4 Å². The van der Waals surface area contributed by atoms with Gasteiger partial charge in [0.1, 0.15) is 17.7 Å². The Balaban J connectivity index is 1.83. The van der Waals surface area contributed by atoms with Gasteiger partial charge in [0.2, 0.25) is 0 Å². The number of anilines is 1. The lowest BCUT2D eigenvalue weighted by molar-refractivity contribution is 0.590. The zero-order valence-corrected chi connectivity index (χ0v) is 29.6. The molecule has 0 fully saturated rings. The molecule has 0 saturated carbocycles. The lowest BCUT2D eigenvalue weighted by atomic mass is 9.77. The van der Waals surface area contributed by atoms with Crippen LogP contribution < -0.4 is 4.90 Å². The Morgan fingerprint density at radius 3 is 1.38 bits per heavy atom. The third-order valence-electron chi connectivity index (χ3n) is 9.69. The molecule has 0 aromatic heterocycles. The van der Waals surface area contributed by atoms with Crippen molar-refractivity contribution in [1.29, 1.82) is 10.5 Å². The first-order chi connectivity index (χ1) is 22.8. The number of hydrogen-bond donors (Lipinski definition) is 0. The molecule has 0 aliphatic heterocycles. The number of nitriles is 2. The van der Waals surface area contributed by atoms with Crippen LogP contribution in [0.3, 0.4) is 0 Å². The van der Waals surface area contributed by atoms with Gasteiger partial charge in [-0.25, -0.2) is 0 Å². The Morgan fingerprint density at radius 1 is 0.521 bits per heavy atom. The Labute approximate surface area is 286 Å². The van der Waals surface area contributed by atoms with Crippen molar-refractivity contribution in [2.24, 2.45) is 0 Å². The summed E-state index contributed by atoms with van der Waals surface area (Å²) >= 11 is 0. The summed E-state index contributed by atoms with van der Waals surface area (Å²) in [6.07, 6.45) is 0. The van der Waals surface area contributed by atoms with Crippen LogP contribution in [0.25, 0.3) is 50.1 Å². The predicted octanol–water partition coefficient (Wildman–Crippen LogP) is 11.5. The molecule has 1 aliphatic carbocycles. The molecular formula is C45H43N3. The second kappa shape index (κ2) is 12.0. The fraction of sp³-hybridized carbons (Fsp3) is 0.244. The lowest BCUT2D eigenvalue weighted by Crippen LogP contribution is -2.11. The van der Waals surface area contributed by atoms with Crippen molar-refractivity contribution < 1.29 is 0 Å². The van der Waals surface area contributed by atoms with Crippen LogP contribution in [0, 0.1) is 29.6 Å². The molecule has 0 radical (unpaired) electrons. The van der Waals surface area contributed by atoms with E-state index in [0.29, 0.717) is 5.57 Å². The van der Waals surface area contributed by atoms with Crippen molar-refractivity contribution >= 4 is 11.3 Å². The second-order valence-corrected chi connectivity index (χ2v) is 15.1. The third kappa shape index (κ3) is 5.51. The second-order valence-electron chi connectivity index (χ2n) is 15.1. The highest BCUT2D eigenvalue weighted by Crippen LogP contribution is 2.57. The summed E-state index contributed by atoms with van der Waals surface area (Å²) in [6, 6.07) is 39.4. The highest BCUT2D eigenvalue weighted by atomic mass is 15.1. The van der Waals surface area contributed by atoms with E-state index >= 15 is 0 Å². The SMILES string of the molecule is Cc1c(-c2ccc(C(C)(C)C)cc2)c2c(c(-c3ccc(C(C)(C)C)cc3)c1-c1ccc(N(C)C)cc1)-c1ccccc1C2=C(C#N)C#N. The van der Waals surface area contributed by atoms with Gasteiger partial charge in [-0.15, -0.1) is 0 Å². The largest absolute Gasteiger partial charge is 0.378 e. The Bertz CT molecular complexity index is 2130. The quantitative estimate of drug-likeness (QED) is 0.183. The predicted molar refractivity (Wildman–Crippen MR) is 202 cm³/mol. The fourth-order valence-electron chi connectivity index (χ4n) is 7.05. The van der Waals surface area contributed by atoms with Gasteiger partial charge < -0.3 is 4.90 Å². The van der Waals surface area contributed by atoms with E-state index in [1.165, 1.54) is 11.1 Å².